The Morgan fingerprint density at radius 3 is 2.00 bits per heavy atom. The lowest BCUT2D eigenvalue weighted by atomic mass is 10.2. The Balaban J connectivity index is 3.51. The van der Waals surface area contributed by atoms with E-state index >= 15 is 0 Å². The fourth-order valence-electron chi connectivity index (χ4n) is 0.451. The molecule has 1 atom stereocenters. The van der Waals surface area contributed by atoms with E-state index in [4.69, 9.17) is 0 Å². The van der Waals surface area contributed by atoms with Crippen molar-refractivity contribution >= 4 is 16.1 Å². The summed E-state index contributed by atoms with van der Waals surface area (Å²) in [6, 6.07) is 0. The molecular formula is C6H15NOSi. The van der Waals surface area contributed by atoms with Crippen molar-refractivity contribution in [1.29, 1.82) is 0 Å². The second-order valence-electron chi connectivity index (χ2n) is 2.82. The Hall–Kier alpha value is -0.313. The molecule has 0 aromatic carbocycles. The third-order valence-corrected chi connectivity index (χ3v) is 1.24. The van der Waals surface area contributed by atoms with Gasteiger partial charge in [-0.1, -0.05) is 13.8 Å². The maximum Gasteiger partial charge on any atom is 0.222 e. The Kier molecular flexibility index (Phi) is 3.54. The van der Waals surface area contributed by atoms with Crippen LogP contribution in [0.15, 0.2) is 0 Å². The molecule has 0 rings (SSSR count). The van der Waals surface area contributed by atoms with Crippen LogP contribution in [0.25, 0.3) is 0 Å². The van der Waals surface area contributed by atoms with E-state index in [1.165, 1.54) is 0 Å². The number of carbonyl (C=O) groups excluding carboxylic acids is 1. The van der Waals surface area contributed by atoms with Gasteiger partial charge in [-0.15, -0.1) is 0 Å². The third kappa shape index (κ3) is 4.21. The summed E-state index contributed by atoms with van der Waals surface area (Å²) < 4.78 is 0. The first-order chi connectivity index (χ1) is 4.04. The van der Waals surface area contributed by atoms with Crippen molar-refractivity contribution in [2.24, 2.45) is 5.92 Å². The van der Waals surface area contributed by atoms with Crippen molar-refractivity contribution in [3.8, 4) is 0 Å². The molecule has 3 heteroatoms. The Morgan fingerprint density at radius 2 is 1.89 bits per heavy atom. The molecule has 1 N–H and O–H groups in total. The maximum absolute atomic E-state index is 10.9. The Labute approximate surface area is 59.4 Å². The first-order valence-corrected chi connectivity index (χ1v) is 4.50. The van der Waals surface area contributed by atoms with Crippen LogP contribution in [0.1, 0.15) is 20.8 Å². The van der Waals surface area contributed by atoms with Gasteiger partial charge in [0.05, 0.1) is 0 Å². The van der Waals surface area contributed by atoms with E-state index in [1.54, 1.807) is 0 Å². The molecular weight excluding hydrogens is 130 g/mol. The highest BCUT2D eigenvalue weighted by Gasteiger charge is 2.06. The van der Waals surface area contributed by atoms with E-state index in [1.807, 2.05) is 20.8 Å². The first kappa shape index (κ1) is 8.69. The molecule has 0 fully saturated rings. The number of hydrogen-bond donors (Lipinski definition) is 1. The van der Waals surface area contributed by atoms with E-state index in [2.05, 4.69) is 5.32 Å². The highest BCUT2D eigenvalue weighted by atomic mass is 28.1. The van der Waals surface area contributed by atoms with Gasteiger partial charge in [0, 0.05) is 21.8 Å². The van der Waals surface area contributed by atoms with Crippen LogP contribution in [0.4, 0.5) is 0 Å². The van der Waals surface area contributed by atoms with Gasteiger partial charge in [0.25, 0.3) is 0 Å². The monoisotopic (exact) mass is 145 g/mol. The molecule has 0 radical (unpaired) electrons. The van der Waals surface area contributed by atoms with Crippen LogP contribution in [0.3, 0.4) is 0 Å². The van der Waals surface area contributed by atoms with Crippen molar-refractivity contribution < 1.29 is 4.79 Å². The summed E-state index contributed by atoms with van der Waals surface area (Å²) in [5.41, 5.74) is 0.403. The van der Waals surface area contributed by atoms with Crippen LogP contribution in [0.2, 0.25) is 0 Å². The average Bonchev–Trinajstić information content (AvgIpc) is 1.63. The van der Waals surface area contributed by atoms with Gasteiger partial charge in [0.1, 0.15) is 0 Å². The average molecular weight is 145 g/mol. The van der Waals surface area contributed by atoms with Gasteiger partial charge >= 0.3 is 0 Å². The summed E-state index contributed by atoms with van der Waals surface area (Å²) in [6.45, 7) is 5.82. The summed E-state index contributed by atoms with van der Waals surface area (Å²) >= 11 is 0. The minimum atomic E-state index is 0.126. The van der Waals surface area contributed by atoms with Gasteiger partial charge in [-0.05, 0) is 6.92 Å². The molecule has 54 valence electrons. The van der Waals surface area contributed by atoms with Crippen LogP contribution in [0.5, 0.6) is 0 Å². The largest absolute Gasteiger partial charge is 0.357 e. The summed E-state index contributed by atoms with van der Waals surface area (Å²) in [5, 5.41) is 2.86. The first-order valence-electron chi connectivity index (χ1n) is 3.34. The van der Waals surface area contributed by atoms with Crippen molar-refractivity contribution in [1.82, 2.24) is 5.32 Å². The lowest BCUT2D eigenvalue weighted by Crippen LogP contribution is -2.35. The minimum Gasteiger partial charge on any atom is -0.357 e. The molecule has 1 unspecified atom stereocenters. The number of carbonyl (C=O) groups is 1. The topological polar surface area (TPSA) is 29.1 Å². The molecule has 0 saturated carbocycles. The summed E-state index contributed by atoms with van der Waals surface area (Å²) in [4.78, 5) is 10.9. The molecule has 0 aromatic heterocycles. The molecule has 1 amide bonds. The molecule has 0 aromatic rings. The second-order valence-corrected chi connectivity index (χ2v) is 4.55. The number of rotatable bonds is 2. The molecule has 0 aliphatic heterocycles. The number of hydrogen-bond acceptors (Lipinski definition) is 1. The molecule has 0 spiro atoms. The van der Waals surface area contributed by atoms with E-state index in [0.29, 0.717) is 5.67 Å². The number of nitrogens with one attached hydrogen (secondary N) is 1. The molecule has 0 aliphatic rings. The zero-order chi connectivity index (χ0) is 7.44. The maximum atomic E-state index is 10.9. The molecule has 2 nitrogen and oxygen atoms in total. The lowest BCUT2D eigenvalue weighted by Gasteiger charge is -2.09. The van der Waals surface area contributed by atoms with Crippen molar-refractivity contribution in [2.45, 2.75) is 26.4 Å². The summed E-state index contributed by atoms with van der Waals surface area (Å²) in [6.07, 6.45) is 0. The van der Waals surface area contributed by atoms with Crippen LogP contribution in [0, 0.1) is 5.92 Å². The van der Waals surface area contributed by atoms with Gasteiger partial charge in [-0.3, -0.25) is 4.79 Å². The second kappa shape index (κ2) is 3.66. The standard InChI is InChI=1S/C6H15NOSi/c1-4(2)6(8)7-5(3)9/h4-5H,1-3,9H3,(H,7,8). The fraction of sp³-hybridized carbons (Fsp3) is 0.833. The van der Waals surface area contributed by atoms with Crippen molar-refractivity contribution in [2.75, 3.05) is 0 Å². The number of amides is 1. The zero-order valence-corrected chi connectivity index (χ0v) is 8.56. The van der Waals surface area contributed by atoms with Crippen LogP contribution in [-0.2, 0) is 4.79 Å². The van der Waals surface area contributed by atoms with Gasteiger partial charge in [0.15, 0.2) is 0 Å². The SMILES string of the molecule is CC([SiH3])NC(=O)C(C)C. The quantitative estimate of drug-likeness (QED) is 0.520. The highest BCUT2D eigenvalue weighted by Crippen LogP contribution is 1.90. The molecule has 0 bridgehead atoms. The predicted octanol–water partition coefficient (Wildman–Crippen LogP) is -0.530. The van der Waals surface area contributed by atoms with Gasteiger partial charge < -0.3 is 5.32 Å². The van der Waals surface area contributed by atoms with E-state index in [-0.39, 0.29) is 11.8 Å². The summed E-state index contributed by atoms with van der Waals surface area (Å²) in [5.74, 6) is 0.291. The third-order valence-electron chi connectivity index (χ3n) is 0.955. The molecule has 9 heavy (non-hydrogen) atoms. The zero-order valence-electron chi connectivity index (χ0n) is 6.56. The fourth-order valence-corrected chi connectivity index (χ4v) is 0.736. The lowest BCUT2D eigenvalue weighted by molar-refractivity contribution is -0.124. The van der Waals surface area contributed by atoms with Gasteiger partial charge in [-0.25, -0.2) is 0 Å². The van der Waals surface area contributed by atoms with Gasteiger partial charge in [-0.2, -0.15) is 0 Å². The highest BCUT2D eigenvalue weighted by molar-refractivity contribution is 6.12. The van der Waals surface area contributed by atoms with Crippen molar-refractivity contribution in [3.63, 3.8) is 0 Å². The minimum absolute atomic E-state index is 0.126. The molecule has 0 aliphatic carbocycles. The Morgan fingerprint density at radius 1 is 1.44 bits per heavy atom. The van der Waals surface area contributed by atoms with Crippen LogP contribution >= 0.6 is 0 Å². The van der Waals surface area contributed by atoms with Crippen molar-refractivity contribution in [3.05, 3.63) is 0 Å². The summed E-state index contributed by atoms with van der Waals surface area (Å²) in [7, 11) is 1.03. The normalized spacial score (nSPS) is 13.8. The molecule has 0 saturated heterocycles. The molecule has 0 heterocycles. The van der Waals surface area contributed by atoms with E-state index < -0.39 is 0 Å². The smallest absolute Gasteiger partial charge is 0.222 e. The van der Waals surface area contributed by atoms with Gasteiger partial charge in [0.2, 0.25) is 5.91 Å². The van der Waals surface area contributed by atoms with E-state index in [0.717, 1.165) is 10.2 Å². The van der Waals surface area contributed by atoms with Crippen LogP contribution < -0.4 is 5.32 Å². The van der Waals surface area contributed by atoms with E-state index in [9.17, 15) is 4.79 Å². The Bertz CT molecular complexity index is 101. The van der Waals surface area contributed by atoms with Crippen LogP contribution in [-0.4, -0.2) is 21.8 Å². The predicted molar refractivity (Wildman–Crippen MR) is 42.4 cm³/mol.